The largest absolute Gasteiger partial charge is 0.355 e. The summed E-state index contributed by atoms with van der Waals surface area (Å²) >= 11 is 0. The van der Waals surface area contributed by atoms with Crippen LogP contribution in [0.25, 0.3) is 0 Å². The predicted octanol–water partition coefficient (Wildman–Crippen LogP) is 2.92. The van der Waals surface area contributed by atoms with E-state index in [4.69, 9.17) is 0 Å². The summed E-state index contributed by atoms with van der Waals surface area (Å²) < 4.78 is 27.0. The molecule has 3 nitrogen and oxygen atoms in total. The zero-order valence-electron chi connectivity index (χ0n) is 13.2. The van der Waals surface area contributed by atoms with E-state index in [0.29, 0.717) is 18.2 Å². The standard InChI is InChI=1S/C17H22F2N2O.ClH/c1-11-8-12(4-7-20-11)16(22)21-10-17(5-6-17)14-3-2-13(18)9-15(14)19;/h2-3,9,11-12,20H,4-8,10H2,1H3,(H,21,22);1H/t11-,12-;/m0./s1. The summed E-state index contributed by atoms with van der Waals surface area (Å²) in [5.41, 5.74) is 0.180. The molecule has 0 unspecified atom stereocenters. The number of carbonyl (C=O) groups is 1. The first-order valence-corrected chi connectivity index (χ1v) is 7.97. The second-order valence-corrected chi connectivity index (χ2v) is 6.70. The number of benzene rings is 1. The van der Waals surface area contributed by atoms with Crippen molar-refractivity contribution in [1.82, 2.24) is 10.6 Å². The van der Waals surface area contributed by atoms with Gasteiger partial charge in [-0.25, -0.2) is 8.78 Å². The molecule has 2 fully saturated rings. The molecule has 1 aliphatic carbocycles. The Labute approximate surface area is 141 Å². The van der Waals surface area contributed by atoms with E-state index < -0.39 is 11.6 Å². The van der Waals surface area contributed by atoms with Gasteiger partial charge in [0, 0.05) is 30.0 Å². The average molecular weight is 345 g/mol. The molecule has 6 heteroatoms. The SMILES string of the molecule is C[C@H]1C[C@@H](C(=O)NCC2(c3ccc(F)cc3F)CC2)CCN1.Cl. The van der Waals surface area contributed by atoms with Crippen LogP contribution in [0.1, 0.15) is 38.2 Å². The van der Waals surface area contributed by atoms with Crippen molar-refractivity contribution in [2.45, 2.75) is 44.1 Å². The van der Waals surface area contributed by atoms with Gasteiger partial charge in [0.2, 0.25) is 5.91 Å². The van der Waals surface area contributed by atoms with E-state index in [-0.39, 0.29) is 29.6 Å². The van der Waals surface area contributed by atoms with E-state index in [1.165, 1.54) is 12.1 Å². The van der Waals surface area contributed by atoms with Gasteiger partial charge in [-0.05, 0) is 50.8 Å². The van der Waals surface area contributed by atoms with Crippen molar-refractivity contribution in [3.8, 4) is 0 Å². The zero-order valence-corrected chi connectivity index (χ0v) is 14.0. The van der Waals surface area contributed by atoms with Crippen molar-refractivity contribution in [3.05, 3.63) is 35.4 Å². The number of halogens is 3. The molecule has 1 amide bonds. The molecule has 0 bridgehead atoms. The van der Waals surface area contributed by atoms with Gasteiger partial charge in [0.1, 0.15) is 11.6 Å². The Balaban J connectivity index is 0.00000192. The highest BCUT2D eigenvalue weighted by molar-refractivity contribution is 5.85. The minimum absolute atomic E-state index is 0. The fourth-order valence-corrected chi connectivity index (χ4v) is 3.38. The topological polar surface area (TPSA) is 41.1 Å². The van der Waals surface area contributed by atoms with Crippen LogP contribution in [-0.4, -0.2) is 25.0 Å². The van der Waals surface area contributed by atoms with Crippen LogP contribution in [0.4, 0.5) is 8.78 Å². The van der Waals surface area contributed by atoms with Gasteiger partial charge in [0.25, 0.3) is 0 Å². The van der Waals surface area contributed by atoms with Crippen molar-refractivity contribution in [3.63, 3.8) is 0 Å². The lowest BCUT2D eigenvalue weighted by molar-refractivity contribution is -0.126. The summed E-state index contributed by atoms with van der Waals surface area (Å²) in [6.45, 7) is 3.37. The number of hydrogen-bond donors (Lipinski definition) is 2. The Morgan fingerprint density at radius 2 is 2.13 bits per heavy atom. The molecule has 1 saturated carbocycles. The molecule has 0 aromatic heterocycles. The summed E-state index contributed by atoms with van der Waals surface area (Å²) in [5.74, 6) is -0.987. The number of rotatable bonds is 4. The molecule has 1 aromatic rings. The smallest absolute Gasteiger partial charge is 0.223 e. The molecule has 23 heavy (non-hydrogen) atoms. The fourth-order valence-electron chi connectivity index (χ4n) is 3.38. The maximum atomic E-state index is 14.0. The first-order valence-electron chi connectivity index (χ1n) is 7.97. The number of piperidine rings is 1. The van der Waals surface area contributed by atoms with Gasteiger partial charge in [-0.1, -0.05) is 6.07 Å². The third-order valence-electron chi connectivity index (χ3n) is 4.95. The number of nitrogens with one attached hydrogen (secondary N) is 2. The van der Waals surface area contributed by atoms with E-state index in [2.05, 4.69) is 17.6 Å². The van der Waals surface area contributed by atoms with E-state index in [1.54, 1.807) is 0 Å². The first-order chi connectivity index (χ1) is 10.5. The lowest BCUT2D eigenvalue weighted by atomic mass is 9.91. The maximum absolute atomic E-state index is 14.0. The molecule has 1 heterocycles. The minimum Gasteiger partial charge on any atom is -0.355 e. The molecule has 2 N–H and O–H groups in total. The molecular weight excluding hydrogens is 322 g/mol. The van der Waals surface area contributed by atoms with Crippen molar-refractivity contribution in [1.29, 1.82) is 0 Å². The summed E-state index contributed by atoms with van der Waals surface area (Å²) in [6, 6.07) is 4.07. The third kappa shape index (κ3) is 4.01. The Bertz CT molecular complexity index is 578. The van der Waals surface area contributed by atoms with Gasteiger partial charge < -0.3 is 10.6 Å². The molecule has 1 saturated heterocycles. The molecule has 3 rings (SSSR count). The molecule has 1 aromatic carbocycles. The van der Waals surface area contributed by atoms with Crippen molar-refractivity contribution >= 4 is 18.3 Å². The fraction of sp³-hybridized carbons (Fsp3) is 0.588. The number of carbonyl (C=O) groups excluding carboxylic acids is 1. The Kier molecular flexibility index (Phi) is 5.63. The van der Waals surface area contributed by atoms with E-state index in [0.717, 1.165) is 38.3 Å². The third-order valence-corrected chi connectivity index (χ3v) is 4.95. The van der Waals surface area contributed by atoms with Gasteiger partial charge in [-0.3, -0.25) is 4.79 Å². The normalized spacial score (nSPS) is 25.3. The predicted molar refractivity (Wildman–Crippen MR) is 87.7 cm³/mol. The highest BCUT2D eigenvalue weighted by Crippen LogP contribution is 2.48. The van der Waals surface area contributed by atoms with Crippen LogP contribution >= 0.6 is 12.4 Å². The van der Waals surface area contributed by atoms with Crippen LogP contribution in [0.3, 0.4) is 0 Å². The molecule has 2 aliphatic rings. The Morgan fingerprint density at radius 1 is 1.39 bits per heavy atom. The van der Waals surface area contributed by atoms with Crippen LogP contribution in [0.5, 0.6) is 0 Å². The van der Waals surface area contributed by atoms with Crippen LogP contribution < -0.4 is 10.6 Å². The molecule has 0 spiro atoms. The minimum atomic E-state index is -0.565. The lowest BCUT2D eigenvalue weighted by Crippen LogP contribution is -2.44. The maximum Gasteiger partial charge on any atom is 0.223 e. The number of hydrogen-bond acceptors (Lipinski definition) is 2. The Hall–Kier alpha value is -1.20. The molecule has 1 aliphatic heterocycles. The summed E-state index contributed by atoms with van der Waals surface area (Å²) in [6.07, 6.45) is 3.34. The van der Waals surface area contributed by atoms with Crippen LogP contribution in [0.2, 0.25) is 0 Å². The van der Waals surface area contributed by atoms with Gasteiger partial charge >= 0.3 is 0 Å². The van der Waals surface area contributed by atoms with Crippen molar-refractivity contribution in [2.24, 2.45) is 5.92 Å². The monoisotopic (exact) mass is 344 g/mol. The zero-order chi connectivity index (χ0) is 15.7. The first kappa shape index (κ1) is 18.1. The van der Waals surface area contributed by atoms with E-state index in [9.17, 15) is 13.6 Å². The van der Waals surface area contributed by atoms with Crippen LogP contribution in [0.15, 0.2) is 18.2 Å². The summed E-state index contributed by atoms with van der Waals surface area (Å²) in [5, 5.41) is 6.31. The van der Waals surface area contributed by atoms with Crippen LogP contribution in [0, 0.1) is 17.6 Å². The van der Waals surface area contributed by atoms with Crippen molar-refractivity contribution < 1.29 is 13.6 Å². The second-order valence-electron chi connectivity index (χ2n) is 6.70. The second kappa shape index (κ2) is 7.14. The molecule has 2 atom stereocenters. The molecule has 0 radical (unpaired) electrons. The van der Waals surface area contributed by atoms with E-state index >= 15 is 0 Å². The lowest BCUT2D eigenvalue weighted by Gasteiger charge is -2.28. The van der Waals surface area contributed by atoms with Crippen molar-refractivity contribution in [2.75, 3.05) is 13.1 Å². The number of amides is 1. The molecule has 128 valence electrons. The van der Waals surface area contributed by atoms with Gasteiger partial charge in [0.05, 0.1) is 0 Å². The average Bonchev–Trinajstić information content (AvgIpc) is 3.25. The summed E-state index contributed by atoms with van der Waals surface area (Å²) in [4.78, 5) is 12.3. The van der Waals surface area contributed by atoms with Gasteiger partial charge in [-0.15, -0.1) is 12.4 Å². The van der Waals surface area contributed by atoms with E-state index in [1.807, 2.05) is 0 Å². The van der Waals surface area contributed by atoms with Gasteiger partial charge in [0.15, 0.2) is 0 Å². The quantitative estimate of drug-likeness (QED) is 0.881. The highest BCUT2D eigenvalue weighted by atomic mass is 35.5. The van der Waals surface area contributed by atoms with Gasteiger partial charge in [-0.2, -0.15) is 0 Å². The van der Waals surface area contributed by atoms with Crippen LogP contribution in [-0.2, 0) is 10.2 Å². The summed E-state index contributed by atoms with van der Waals surface area (Å²) in [7, 11) is 0. The highest BCUT2D eigenvalue weighted by Gasteiger charge is 2.46. The Morgan fingerprint density at radius 3 is 2.74 bits per heavy atom. The molecular formula is C17H23ClF2N2O.